The van der Waals surface area contributed by atoms with Crippen LogP contribution in [0.4, 0.5) is 0 Å². The molecule has 0 unspecified atom stereocenters. The van der Waals surface area contributed by atoms with E-state index in [9.17, 15) is 10.4 Å². The molecule has 0 amide bonds. The fourth-order valence-corrected chi connectivity index (χ4v) is 4.74. The summed E-state index contributed by atoms with van der Waals surface area (Å²) in [6.07, 6.45) is 5.47. The molecule has 1 fully saturated rings. The van der Waals surface area contributed by atoms with Gasteiger partial charge >= 0.3 is 0 Å². The fourth-order valence-electron chi connectivity index (χ4n) is 3.42. The number of aliphatic hydroxyl groups is 1. The van der Waals surface area contributed by atoms with Crippen LogP contribution in [0.3, 0.4) is 0 Å². The van der Waals surface area contributed by atoms with Crippen molar-refractivity contribution in [3.05, 3.63) is 44.2 Å². The third kappa shape index (κ3) is 4.72. The molecule has 1 saturated carbocycles. The lowest BCUT2D eigenvalue weighted by atomic mass is 9.85. The zero-order valence-electron chi connectivity index (χ0n) is 17.1. The van der Waals surface area contributed by atoms with E-state index in [1.807, 2.05) is 13.1 Å². The van der Waals surface area contributed by atoms with Gasteiger partial charge in [0.25, 0.3) is 0 Å². The maximum atomic E-state index is 10.6. The lowest BCUT2D eigenvalue weighted by molar-refractivity contribution is 0.0812. The highest BCUT2D eigenvalue weighted by Crippen LogP contribution is 2.31. The van der Waals surface area contributed by atoms with Gasteiger partial charge < -0.3 is 14.4 Å². The second-order valence-corrected chi connectivity index (χ2v) is 9.17. The molecule has 1 N–H and O–H groups in total. The van der Waals surface area contributed by atoms with Crippen molar-refractivity contribution in [1.29, 1.82) is 5.26 Å². The molecule has 8 heteroatoms. The minimum absolute atomic E-state index is 0.234. The lowest BCUT2D eigenvalue weighted by Gasteiger charge is -2.26. The fraction of sp³-hybridized carbons (Fsp3) is 0.476. The van der Waals surface area contributed by atoms with Crippen LogP contribution in [0.5, 0.6) is 5.75 Å². The van der Waals surface area contributed by atoms with Crippen molar-refractivity contribution < 1.29 is 9.84 Å². The average molecular weight is 433 g/mol. The number of methoxy groups -OCH3 is 1. The smallest absolute Gasteiger partial charge is 0.207 e. The van der Waals surface area contributed by atoms with Crippen molar-refractivity contribution in [2.24, 2.45) is 15.9 Å². The van der Waals surface area contributed by atoms with E-state index >= 15 is 0 Å². The van der Waals surface area contributed by atoms with Crippen LogP contribution in [0.1, 0.15) is 49.2 Å². The average Bonchev–Trinajstić information content (AvgIpc) is 2.93. The van der Waals surface area contributed by atoms with Gasteiger partial charge in [0.05, 0.1) is 23.2 Å². The van der Waals surface area contributed by atoms with Gasteiger partial charge in [-0.3, -0.25) is 0 Å². The molecule has 0 aliphatic heterocycles. The summed E-state index contributed by atoms with van der Waals surface area (Å²) in [5.74, 6) is 1.38. The first-order chi connectivity index (χ1) is 13.7. The van der Waals surface area contributed by atoms with E-state index in [0.717, 1.165) is 17.1 Å². The van der Waals surface area contributed by atoms with Crippen LogP contribution < -0.4 is 9.54 Å². The Balaban J connectivity index is 2.19. The van der Waals surface area contributed by atoms with Gasteiger partial charge in [0.15, 0.2) is 10.6 Å². The highest BCUT2D eigenvalue weighted by molar-refractivity contribution is 7.09. The van der Waals surface area contributed by atoms with Crippen molar-refractivity contribution in [3.8, 4) is 11.9 Å². The zero-order chi connectivity index (χ0) is 21.2. The third-order valence-corrected chi connectivity index (χ3v) is 6.87. The Labute approximate surface area is 179 Å². The maximum Gasteiger partial charge on any atom is 0.207 e. The minimum Gasteiger partial charge on any atom is -0.496 e. The summed E-state index contributed by atoms with van der Waals surface area (Å²) < 4.78 is 7.55. The molecule has 0 radical (unpaired) electrons. The molecule has 1 aliphatic carbocycles. The van der Waals surface area contributed by atoms with Crippen molar-refractivity contribution in [3.63, 3.8) is 0 Å². The summed E-state index contributed by atoms with van der Waals surface area (Å²) in [7, 11) is 1.55. The van der Waals surface area contributed by atoms with Crippen LogP contribution in [0.25, 0.3) is 0 Å². The van der Waals surface area contributed by atoms with E-state index in [0.29, 0.717) is 27.1 Å². The van der Waals surface area contributed by atoms with Crippen LogP contribution in [0.15, 0.2) is 28.2 Å². The number of hydrogen-bond donors (Lipinski definition) is 1. The SMILES string of the molecule is COc1ccc(Cl)cc1C(=N/C#N)/N=c1\sc(C(C)(C)O)c(C)n1CC1CCC1. The van der Waals surface area contributed by atoms with E-state index in [1.165, 1.54) is 30.6 Å². The number of benzene rings is 1. The Hall–Kier alpha value is -2.14. The molecule has 1 aliphatic rings. The zero-order valence-corrected chi connectivity index (χ0v) is 18.6. The molecule has 6 nitrogen and oxygen atoms in total. The monoisotopic (exact) mass is 432 g/mol. The number of amidine groups is 1. The molecule has 3 rings (SSSR count). The van der Waals surface area contributed by atoms with Crippen molar-refractivity contribution >= 4 is 28.8 Å². The predicted molar refractivity (Wildman–Crippen MR) is 115 cm³/mol. The summed E-state index contributed by atoms with van der Waals surface area (Å²) in [6, 6.07) is 5.13. The highest BCUT2D eigenvalue weighted by atomic mass is 35.5. The van der Waals surface area contributed by atoms with E-state index in [2.05, 4.69) is 9.56 Å². The molecule has 1 aromatic carbocycles. The minimum atomic E-state index is -0.982. The number of aliphatic imine (C=N–C) groups is 1. The first-order valence-corrected chi connectivity index (χ1v) is 10.7. The molecule has 1 heterocycles. The Bertz CT molecular complexity index is 1040. The quantitative estimate of drug-likeness (QED) is 0.432. The summed E-state index contributed by atoms with van der Waals surface area (Å²) in [4.78, 5) is 10.2. The van der Waals surface area contributed by atoms with Gasteiger partial charge in [0.1, 0.15) is 5.75 Å². The summed E-state index contributed by atoms with van der Waals surface area (Å²) in [5.41, 5.74) is 0.555. The highest BCUT2D eigenvalue weighted by Gasteiger charge is 2.26. The molecular formula is C21H25ClN4O2S. The Kier molecular flexibility index (Phi) is 6.47. The number of aromatic nitrogens is 1. The molecular weight excluding hydrogens is 408 g/mol. The number of nitriles is 1. The Morgan fingerprint density at radius 2 is 2.17 bits per heavy atom. The predicted octanol–water partition coefficient (Wildman–Crippen LogP) is 4.38. The second kappa shape index (κ2) is 8.70. The van der Waals surface area contributed by atoms with Crippen LogP contribution in [-0.4, -0.2) is 22.6 Å². The van der Waals surface area contributed by atoms with Gasteiger partial charge in [-0.2, -0.15) is 15.2 Å². The second-order valence-electron chi connectivity index (χ2n) is 7.76. The molecule has 0 bridgehead atoms. The van der Waals surface area contributed by atoms with Gasteiger partial charge in [0.2, 0.25) is 6.19 Å². The molecule has 0 spiro atoms. The lowest BCUT2D eigenvalue weighted by Crippen LogP contribution is -2.26. The molecule has 29 heavy (non-hydrogen) atoms. The first-order valence-electron chi connectivity index (χ1n) is 9.53. The molecule has 0 atom stereocenters. The van der Waals surface area contributed by atoms with Gasteiger partial charge in [-0.1, -0.05) is 29.4 Å². The van der Waals surface area contributed by atoms with E-state index < -0.39 is 5.60 Å². The summed E-state index contributed by atoms with van der Waals surface area (Å²) >= 11 is 7.58. The summed E-state index contributed by atoms with van der Waals surface area (Å²) in [5, 5.41) is 20.4. The van der Waals surface area contributed by atoms with E-state index in [1.54, 1.807) is 39.2 Å². The first kappa shape index (κ1) is 21.6. The molecule has 1 aromatic heterocycles. The third-order valence-electron chi connectivity index (χ3n) is 5.14. The number of hydrogen-bond acceptors (Lipinski definition) is 5. The number of thiazole rings is 1. The Morgan fingerprint density at radius 3 is 2.72 bits per heavy atom. The van der Waals surface area contributed by atoms with Crippen LogP contribution in [0, 0.1) is 24.3 Å². The van der Waals surface area contributed by atoms with E-state index in [-0.39, 0.29) is 5.84 Å². The number of ether oxygens (including phenoxy) is 1. The molecule has 0 saturated heterocycles. The topological polar surface area (TPSA) is 82.9 Å². The van der Waals surface area contributed by atoms with Gasteiger partial charge in [0, 0.05) is 17.3 Å². The van der Waals surface area contributed by atoms with Crippen LogP contribution in [0.2, 0.25) is 5.02 Å². The van der Waals surface area contributed by atoms with Crippen molar-refractivity contribution in [1.82, 2.24) is 4.57 Å². The normalized spacial score (nSPS) is 15.9. The summed E-state index contributed by atoms with van der Waals surface area (Å²) in [6.45, 7) is 6.38. The maximum absolute atomic E-state index is 10.6. The molecule has 154 valence electrons. The largest absolute Gasteiger partial charge is 0.496 e. The van der Waals surface area contributed by atoms with Gasteiger partial charge in [-0.25, -0.2) is 0 Å². The van der Waals surface area contributed by atoms with Crippen LogP contribution in [-0.2, 0) is 12.1 Å². The number of rotatable bonds is 5. The van der Waals surface area contributed by atoms with Crippen molar-refractivity contribution in [2.45, 2.75) is 52.2 Å². The number of halogens is 1. The van der Waals surface area contributed by atoms with Crippen LogP contribution >= 0.6 is 22.9 Å². The van der Waals surface area contributed by atoms with E-state index in [4.69, 9.17) is 21.3 Å². The van der Waals surface area contributed by atoms with Crippen molar-refractivity contribution in [2.75, 3.05) is 7.11 Å². The number of nitrogens with zero attached hydrogens (tertiary/aromatic N) is 4. The molecule has 2 aromatic rings. The van der Waals surface area contributed by atoms with Gasteiger partial charge in [-0.05, 0) is 57.7 Å². The standard InChI is InChI=1S/C21H25ClN4O2S/c1-13-18(21(2,3)27)29-20(26(13)11-14-6-5-7-14)25-19(24-12-23)16-10-15(22)8-9-17(16)28-4/h8-10,14,27H,5-7,11H2,1-4H3/b24-19-,25-20-. The Morgan fingerprint density at radius 1 is 1.45 bits per heavy atom. The van der Waals surface area contributed by atoms with Gasteiger partial charge in [-0.15, -0.1) is 0 Å².